The van der Waals surface area contributed by atoms with Crippen molar-refractivity contribution < 1.29 is 28.6 Å². The van der Waals surface area contributed by atoms with Gasteiger partial charge in [0.15, 0.2) is 0 Å². The lowest BCUT2D eigenvalue weighted by Crippen LogP contribution is -2.14. The van der Waals surface area contributed by atoms with Crippen LogP contribution in [0.1, 0.15) is 42.9 Å². The minimum absolute atomic E-state index is 0.0783. The van der Waals surface area contributed by atoms with E-state index >= 15 is 0 Å². The Balaban J connectivity index is 0.00000153. The molecule has 1 aromatic carbocycles. The summed E-state index contributed by atoms with van der Waals surface area (Å²) in [5.74, 6) is 0.201. The molecule has 27 heavy (non-hydrogen) atoms. The normalized spacial score (nSPS) is 9.63. The van der Waals surface area contributed by atoms with Crippen molar-refractivity contribution in [2.24, 2.45) is 5.73 Å². The molecule has 0 spiro atoms. The fourth-order valence-electron chi connectivity index (χ4n) is 2.16. The van der Waals surface area contributed by atoms with E-state index in [2.05, 4.69) is 10.1 Å². The van der Waals surface area contributed by atoms with Gasteiger partial charge in [0.2, 0.25) is 6.41 Å². The number of benzene rings is 1. The number of nitrogens with one attached hydrogen (secondary N) is 1. The summed E-state index contributed by atoms with van der Waals surface area (Å²) >= 11 is 0. The lowest BCUT2D eigenvalue weighted by atomic mass is 10.1. The van der Waals surface area contributed by atoms with Gasteiger partial charge < -0.3 is 25.3 Å². The van der Waals surface area contributed by atoms with Crippen LogP contribution in [0.4, 0.5) is 4.79 Å². The van der Waals surface area contributed by atoms with Gasteiger partial charge in [-0.1, -0.05) is 0 Å². The van der Waals surface area contributed by atoms with Crippen LogP contribution >= 0.6 is 0 Å². The maximum Gasteiger partial charge on any atom is 0.404 e. The van der Waals surface area contributed by atoms with Gasteiger partial charge in [0.05, 0.1) is 0 Å². The molecule has 0 aliphatic rings. The van der Waals surface area contributed by atoms with Gasteiger partial charge in [-0.2, -0.15) is 0 Å². The third-order valence-corrected chi connectivity index (χ3v) is 3.44. The summed E-state index contributed by atoms with van der Waals surface area (Å²) in [6.45, 7) is 7.03. The van der Waals surface area contributed by atoms with Crippen LogP contribution in [-0.2, 0) is 25.7 Å². The van der Waals surface area contributed by atoms with E-state index in [0.29, 0.717) is 25.1 Å². The van der Waals surface area contributed by atoms with E-state index in [1.807, 2.05) is 20.8 Å². The number of nitrogens with two attached hydrogens (primary N) is 1. The zero-order chi connectivity index (χ0) is 20.7. The molecule has 0 saturated heterocycles. The number of carbonyl (C=O) groups excluding carboxylic acids is 3. The van der Waals surface area contributed by atoms with Crippen LogP contribution in [0.25, 0.3) is 0 Å². The van der Waals surface area contributed by atoms with E-state index in [9.17, 15) is 14.4 Å². The first-order chi connectivity index (χ1) is 12.8. The molecule has 3 N–H and O–H groups in total. The first-order valence-electron chi connectivity index (χ1n) is 8.74. The molecule has 1 rings (SSSR count). The van der Waals surface area contributed by atoms with Crippen LogP contribution in [0.5, 0.6) is 5.75 Å². The second-order valence-electron chi connectivity index (χ2n) is 5.75. The summed E-state index contributed by atoms with van der Waals surface area (Å²) < 4.78 is 14.7. The molecular weight excluding hydrogens is 352 g/mol. The van der Waals surface area contributed by atoms with E-state index in [1.165, 1.54) is 0 Å². The fraction of sp³-hybridized carbons (Fsp3) is 0.526. The highest BCUT2D eigenvalue weighted by Gasteiger charge is 2.12. The summed E-state index contributed by atoms with van der Waals surface area (Å²) in [6, 6.07) is 3.57. The van der Waals surface area contributed by atoms with E-state index < -0.39 is 6.09 Å². The molecule has 0 aromatic heterocycles. The molecule has 0 aliphatic carbocycles. The second-order valence-corrected chi connectivity index (χ2v) is 5.75. The van der Waals surface area contributed by atoms with Crippen LogP contribution in [0.15, 0.2) is 12.1 Å². The van der Waals surface area contributed by atoms with Crippen molar-refractivity contribution in [2.45, 2.75) is 46.6 Å². The van der Waals surface area contributed by atoms with Crippen molar-refractivity contribution >= 4 is 18.5 Å². The summed E-state index contributed by atoms with van der Waals surface area (Å²) in [6.07, 6.45) is 1.44. The quantitative estimate of drug-likeness (QED) is 0.278. The summed E-state index contributed by atoms with van der Waals surface area (Å²) in [5.41, 5.74) is 7.27. The number of ether oxygens (including phenoxy) is 3. The first kappa shape index (κ1) is 24.4. The van der Waals surface area contributed by atoms with Crippen LogP contribution in [-0.4, -0.2) is 38.7 Å². The minimum Gasteiger partial charge on any atom is -0.445 e. The SMILES string of the molecule is CCOC.Cc1cc(COC(N)=O)cc(C)c1OC(=O)CCCCNC=O. The molecule has 0 bridgehead atoms. The Bertz CT molecular complexity index is 579. The number of aryl methyl sites for hydroxylation is 2. The second kappa shape index (κ2) is 14.5. The smallest absolute Gasteiger partial charge is 0.404 e. The van der Waals surface area contributed by atoms with Gasteiger partial charge in [-0.15, -0.1) is 0 Å². The Morgan fingerprint density at radius 2 is 1.78 bits per heavy atom. The van der Waals surface area contributed by atoms with E-state index in [0.717, 1.165) is 29.7 Å². The molecule has 0 atom stereocenters. The molecule has 8 heteroatoms. The lowest BCUT2D eigenvalue weighted by Gasteiger charge is -2.13. The van der Waals surface area contributed by atoms with Crippen molar-refractivity contribution in [1.82, 2.24) is 5.32 Å². The van der Waals surface area contributed by atoms with Crippen LogP contribution < -0.4 is 15.8 Å². The number of rotatable bonds is 10. The standard InChI is InChI=1S/C16H22N2O5.C3H8O/c1-11-7-13(9-22-16(17)21)8-12(2)15(11)23-14(20)5-3-4-6-18-10-19;1-3-4-2/h7-8,10H,3-6,9H2,1-2H3,(H2,17,21)(H,18,19);3H2,1-2H3. The number of amides is 2. The van der Waals surface area contributed by atoms with Crippen molar-refractivity contribution in [1.29, 1.82) is 0 Å². The third kappa shape index (κ3) is 11.6. The summed E-state index contributed by atoms with van der Waals surface area (Å²) in [7, 11) is 1.68. The van der Waals surface area contributed by atoms with Gasteiger partial charge in [-0.25, -0.2) is 4.79 Å². The largest absolute Gasteiger partial charge is 0.445 e. The lowest BCUT2D eigenvalue weighted by molar-refractivity contribution is -0.134. The predicted octanol–water partition coefficient (Wildman–Crippen LogP) is 2.37. The number of methoxy groups -OCH3 is 1. The predicted molar refractivity (Wildman–Crippen MR) is 101 cm³/mol. The molecule has 0 unspecified atom stereocenters. The van der Waals surface area contributed by atoms with E-state index in [4.69, 9.17) is 15.2 Å². The number of esters is 1. The molecule has 2 amide bonds. The van der Waals surface area contributed by atoms with Crippen LogP contribution in [0.3, 0.4) is 0 Å². The molecule has 0 saturated carbocycles. The molecule has 0 aliphatic heterocycles. The zero-order valence-electron chi connectivity index (χ0n) is 16.5. The molecule has 0 heterocycles. The van der Waals surface area contributed by atoms with Crippen LogP contribution in [0, 0.1) is 13.8 Å². The third-order valence-electron chi connectivity index (χ3n) is 3.44. The van der Waals surface area contributed by atoms with Crippen molar-refractivity contribution in [3.8, 4) is 5.75 Å². The van der Waals surface area contributed by atoms with Gasteiger partial charge in [0, 0.05) is 26.7 Å². The van der Waals surface area contributed by atoms with Gasteiger partial charge in [-0.3, -0.25) is 9.59 Å². The average molecular weight is 382 g/mol. The minimum atomic E-state index is -0.833. The van der Waals surface area contributed by atoms with Gasteiger partial charge in [0.25, 0.3) is 0 Å². The van der Waals surface area contributed by atoms with Crippen molar-refractivity contribution in [2.75, 3.05) is 20.3 Å². The van der Waals surface area contributed by atoms with Crippen LogP contribution in [0.2, 0.25) is 0 Å². The number of hydrogen-bond donors (Lipinski definition) is 2. The Labute approximate surface area is 160 Å². The first-order valence-corrected chi connectivity index (χ1v) is 8.74. The molecule has 0 radical (unpaired) electrons. The number of primary amides is 1. The topological polar surface area (TPSA) is 117 Å². The van der Waals surface area contributed by atoms with Gasteiger partial charge >= 0.3 is 12.1 Å². The van der Waals surface area contributed by atoms with Crippen molar-refractivity contribution in [3.05, 3.63) is 28.8 Å². The fourth-order valence-corrected chi connectivity index (χ4v) is 2.16. The van der Waals surface area contributed by atoms with E-state index in [-0.39, 0.29) is 19.0 Å². The Kier molecular flexibility index (Phi) is 13.1. The van der Waals surface area contributed by atoms with Gasteiger partial charge in [0.1, 0.15) is 12.4 Å². The Morgan fingerprint density at radius 1 is 1.19 bits per heavy atom. The maximum atomic E-state index is 11.9. The average Bonchev–Trinajstić information content (AvgIpc) is 2.63. The number of hydrogen-bond acceptors (Lipinski definition) is 6. The zero-order valence-corrected chi connectivity index (χ0v) is 16.5. The number of carbonyl (C=O) groups is 3. The molecule has 152 valence electrons. The monoisotopic (exact) mass is 382 g/mol. The highest BCUT2D eigenvalue weighted by molar-refractivity contribution is 5.73. The Hall–Kier alpha value is -2.61. The maximum absolute atomic E-state index is 11.9. The van der Waals surface area contributed by atoms with E-state index in [1.54, 1.807) is 19.2 Å². The van der Waals surface area contributed by atoms with Gasteiger partial charge in [-0.05, 0) is 62.4 Å². The highest BCUT2D eigenvalue weighted by Crippen LogP contribution is 2.25. The Morgan fingerprint density at radius 3 is 2.26 bits per heavy atom. The summed E-state index contributed by atoms with van der Waals surface area (Å²) in [4.78, 5) is 32.6. The highest BCUT2D eigenvalue weighted by atomic mass is 16.5. The molecule has 8 nitrogen and oxygen atoms in total. The molecular formula is C19H30N2O6. The molecule has 1 aromatic rings. The van der Waals surface area contributed by atoms with Crippen molar-refractivity contribution in [3.63, 3.8) is 0 Å². The molecule has 0 fully saturated rings. The number of unbranched alkanes of at least 4 members (excludes halogenated alkanes) is 1. The summed E-state index contributed by atoms with van der Waals surface area (Å²) in [5, 5.41) is 2.54.